The molecule has 2 aromatic heterocycles. The van der Waals surface area contributed by atoms with Crippen molar-refractivity contribution in [2.45, 2.75) is 45.6 Å². The number of rotatable bonds is 8. The maximum atomic E-state index is 12.5. The second-order valence-corrected chi connectivity index (χ2v) is 9.94. The Balaban J connectivity index is 1.77. The molecule has 1 aliphatic heterocycles. The van der Waals surface area contributed by atoms with Crippen LogP contribution in [0, 0.1) is 6.92 Å². The lowest BCUT2D eigenvalue weighted by Crippen LogP contribution is -2.45. The van der Waals surface area contributed by atoms with Crippen LogP contribution in [0.25, 0.3) is 16.9 Å². The number of esters is 1. The highest BCUT2D eigenvalue weighted by molar-refractivity contribution is 9.10. The van der Waals surface area contributed by atoms with Crippen LogP contribution in [0.3, 0.4) is 0 Å². The molecule has 0 amide bonds. The van der Waals surface area contributed by atoms with Crippen LogP contribution in [-0.2, 0) is 20.7 Å². The van der Waals surface area contributed by atoms with E-state index in [1.54, 1.807) is 6.08 Å². The predicted octanol–water partition coefficient (Wildman–Crippen LogP) is 5.74. The highest BCUT2D eigenvalue weighted by Crippen LogP contribution is 2.36. The first-order chi connectivity index (χ1) is 16.3. The number of pyridine rings is 1. The van der Waals surface area contributed by atoms with Gasteiger partial charge in [0.25, 0.3) is 0 Å². The molecule has 180 valence electrons. The zero-order valence-electron chi connectivity index (χ0n) is 20.1. The highest BCUT2D eigenvalue weighted by atomic mass is 79.9. The minimum absolute atomic E-state index is 0.178. The van der Waals surface area contributed by atoms with Crippen LogP contribution < -0.4 is 4.90 Å². The number of anilines is 1. The van der Waals surface area contributed by atoms with Crippen LogP contribution in [0.15, 0.2) is 53.8 Å². The monoisotopic (exact) mass is 525 g/mol. The molecule has 1 aliphatic rings. The molecule has 0 aliphatic carbocycles. The van der Waals surface area contributed by atoms with E-state index in [4.69, 9.17) is 14.5 Å². The first-order valence-electron chi connectivity index (χ1n) is 11.8. The van der Waals surface area contributed by atoms with Gasteiger partial charge in [-0.05, 0) is 56.9 Å². The number of carbonyl (C=O) groups excluding carboxylic acids is 1. The third-order valence-corrected chi connectivity index (χ3v) is 6.97. The number of nitrogens with zero attached hydrogens (tertiary/aromatic N) is 3. The minimum atomic E-state index is -0.217. The second kappa shape index (κ2) is 10.3. The molecule has 0 radical (unpaired) electrons. The summed E-state index contributed by atoms with van der Waals surface area (Å²) < 4.78 is 14.5. The number of aryl methyl sites for hydroxylation is 1. The summed E-state index contributed by atoms with van der Waals surface area (Å²) in [5.74, 6) is -0.217. The molecule has 34 heavy (non-hydrogen) atoms. The van der Waals surface area contributed by atoms with E-state index in [0.717, 1.165) is 64.1 Å². The van der Waals surface area contributed by atoms with E-state index in [1.807, 2.05) is 19.1 Å². The fraction of sp³-hybridized carbons (Fsp3) is 0.407. The van der Waals surface area contributed by atoms with E-state index in [2.05, 4.69) is 70.2 Å². The first-order valence-corrected chi connectivity index (χ1v) is 12.6. The molecule has 0 N–H and O–H groups in total. The highest BCUT2D eigenvalue weighted by Gasteiger charge is 2.33. The van der Waals surface area contributed by atoms with Gasteiger partial charge >= 0.3 is 5.97 Å². The molecule has 0 saturated carbocycles. The maximum Gasteiger partial charge on any atom is 0.310 e. The van der Waals surface area contributed by atoms with Gasteiger partial charge in [0.2, 0.25) is 0 Å². The molecule has 0 atom stereocenters. The molecule has 0 spiro atoms. The van der Waals surface area contributed by atoms with Gasteiger partial charge in [0.05, 0.1) is 36.6 Å². The van der Waals surface area contributed by atoms with Gasteiger partial charge in [-0.15, -0.1) is 6.58 Å². The average molecular weight is 526 g/mol. The lowest BCUT2D eigenvalue weighted by atomic mass is 9.92. The predicted molar refractivity (Wildman–Crippen MR) is 139 cm³/mol. The number of benzene rings is 1. The number of piperidine rings is 1. The summed E-state index contributed by atoms with van der Waals surface area (Å²) in [6, 6.07) is 8.14. The third kappa shape index (κ3) is 5.20. The number of hydrogen-bond donors (Lipinski definition) is 0. The SMILES string of the molecule is C=CCOC1(C)CCN(c2c(CC(=O)OCC)c(C)cn3cc(-c4cccc(Br)c4)nc23)CC1. The zero-order chi connectivity index (χ0) is 24.3. The Morgan fingerprint density at radius 2 is 2.06 bits per heavy atom. The number of ether oxygens (including phenoxy) is 2. The molecular formula is C27H32BrN3O3. The molecule has 1 fully saturated rings. The summed E-state index contributed by atoms with van der Waals surface area (Å²) in [6.07, 6.45) is 7.92. The molecular weight excluding hydrogens is 494 g/mol. The Kier molecular flexibility index (Phi) is 7.43. The Morgan fingerprint density at radius 1 is 1.29 bits per heavy atom. The standard InChI is InChI=1S/C27H32BrN3O3/c1-5-14-34-27(4)10-12-30(13-11-27)25-22(16-24(32)33-6-2)19(3)17-31-18-23(29-26(25)31)20-8-7-9-21(28)15-20/h5,7-9,15,17-18H,1,6,10-14,16H2,2-4H3. The molecule has 0 unspecified atom stereocenters. The van der Waals surface area contributed by atoms with E-state index in [-0.39, 0.29) is 18.0 Å². The van der Waals surface area contributed by atoms with Gasteiger partial charge in [0.1, 0.15) is 0 Å². The van der Waals surface area contributed by atoms with Crippen molar-refractivity contribution in [1.82, 2.24) is 9.38 Å². The van der Waals surface area contributed by atoms with Crippen molar-refractivity contribution in [2.75, 3.05) is 31.2 Å². The minimum Gasteiger partial charge on any atom is -0.466 e. The van der Waals surface area contributed by atoms with Crippen LogP contribution in [0.5, 0.6) is 0 Å². The summed E-state index contributed by atoms with van der Waals surface area (Å²) >= 11 is 3.56. The summed E-state index contributed by atoms with van der Waals surface area (Å²) in [5, 5.41) is 0. The van der Waals surface area contributed by atoms with Crippen molar-refractivity contribution in [1.29, 1.82) is 0 Å². The molecule has 4 rings (SSSR count). The number of fused-ring (bicyclic) bond motifs is 1. The lowest BCUT2D eigenvalue weighted by molar-refractivity contribution is -0.142. The van der Waals surface area contributed by atoms with Crippen molar-refractivity contribution < 1.29 is 14.3 Å². The summed E-state index contributed by atoms with van der Waals surface area (Å²) in [4.78, 5) is 19.9. The fourth-order valence-corrected chi connectivity index (χ4v) is 4.98. The van der Waals surface area contributed by atoms with Crippen LogP contribution in [0.1, 0.15) is 37.8 Å². The normalized spacial score (nSPS) is 15.5. The molecule has 3 heterocycles. The second-order valence-electron chi connectivity index (χ2n) is 9.03. The topological polar surface area (TPSA) is 56.1 Å². The van der Waals surface area contributed by atoms with Crippen molar-refractivity contribution in [3.8, 4) is 11.3 Å². The fourth-order valence-electron chi connectivity index (χ4n) is 4.58. The molecule has 3 aromatic rings. The van der Waals surface area contributed by atoms with Gasteiger partial charge < -0.3 is 18.8 Å². The summed E-state index contributed by atoms with van der Waals surface area (Å²) in [7, 11) is 0. The van der Waals surface area contributed by atoms with Gasteiger partial charge in [-0.1, -0.05) is 34.1 Å². The van der Waals surface area contributed by atoms with Crippen LogP contribution in [-0.4, -0.2) is 47.3 Å². The Bertz CT molecular complexity index is 1200. The molecule has 0 bridgehead atoms. The van der Waals surface area contributed by atoms with Crippen LogP contribution in [0.2, 0.25) is 0 Å². The Hall–Kier alpha value is -2.64. The van der Waals surface area contributed by atoms with Crippen LogP contribution in [0.4, 0.5) is 5.69 Å². The smallest absolute Gasteiger partial charge is 0.310 e. The number of hydrogen-bond acceptors (Lipinski definition) is 5. The van der Waals surface area contributed by atoms with Gasteiger partial charge in [-0.3, -0.25) is 4.79 Å². The largest absolute Gasteiger partial charge is 0.466 e. The molecule has 1 saturated heterocycles. The number of imidazole rings is 1. The van der Waals surface area contributed by atoms with E-state index in [9.17, 15) is 4.79 Å². The average Bonchev–Trinajstić information content (AvgIpc) is 3.23. The van der Waals surface area contributed by atoms with Gasteiger partial charge in [0, 0.05) is 35.5 Å². The lowest BCUT2D eigenvalue weighted by Gasteiger charge is -2.41. The van der Waals surface area contributed by atoms with Crippen molar-refractivity contribution in [2.24, 2.45) is 0 Å². The Labute approximate surface area is 209 Å². The quantitative estimate of drug-likeness (QED) is 0.277. The van der Waals surface area contributed by atoms with Crippen molar-refractivity contribution in [3.05, 3.63) is 64.9 Å². The number of aromatic nitrogens is 2. The van der Waals surface area contributed by atoms with E-state index < -0.39 is 0 Å². The van der Waals surface area contributed by atoms with Crippen molar-refractivity contribution in [3.63, 3.8) is 0 Å². The molecule has 7 heteroatoms. The van der Waals surface area contributed by atoms with Gasteiger partial charge in [0.15, 0.2) is 5.65 Å². The Morgan fingerprint density at radius 3 is 2.74 bits per heavy atom. The molecule has 1 aromatic carbocycles. The van der Waals surface area contributed by atoms with Crippen LogP contribution >= 0.6 is 15.9 Å². The van der Waals surface area contributed by atoms with E-state index in [1.165, 1.54) is 0 Å². The van der Waals surface area contributed by atoms with Gasteiger partial charge in [-0.2, -0.15) is 0 Å². The summed E-state index contributed by atoms with van der Waals surface area (Å²) in [5.41, 5.74) is 5.65. The number of carbonyl (C=O) groups is 1. The molecule has 6 nitrogen and oxygen atoms in total. The summed E-state index contributed by atoms with van der Waals surface area (Å²) in [6.45, 7) is 12.4. The van der Waals surface area contributed by atoms with E-state index in [0.29, 0.717) is 13.2 Å². The zero-order valence-corrected chi connectivity index (χ0v) is 21.7. The van der Waals surface area contributed by atoms with Crippen molar-refractivity contribution >= 4 is 33.2 Å². The van der Waals surface area contributed by atoms with Gasteiger partial charge in [-0.25, -0.2) is 4.98 Å². The first kappa shape index (κ1) is 24.5. The third-order valence-electron chi connectivity index (χ3n) is 6.47. The van der Waals surface area contributed by atoms with E-state index >= 15 is 0 Å². The number of halogens is 1. The maximum absolute atomic E-state index is 12.5.